The van der Waals surface area contributed by atoms with Gasteiger partial charge in [0.2, 0.25) is 0 Å². The average Bonchev–Trinajstić information content (AvgIpc) is 2.99. The van der Waals surface area contributed by atoms with Crippen molar-refractivity contribution in [2.75, 3.05) is 20.3 Å². The van der Waals surface area contributed by atoms with Crippen LogP contribution in [0.3, 0.4) is 0 Å². The Hall–Kier alpha value is -1.53. The molecule has 0 amide bonds. The number of aromatic nitrogens is 2. The summed E-state index contributed by atoms with van der Waals surface area (Å²) in [5.74, 6) is 1.50. The summed E-state index contributed by atoms with van der Waals surface area (Å²) in [6.07, 6.45) is 4.47. The fourth-order valence-corrected chi connectivity index (χ4v) is 2.64. The van der Waals surface area contributed by atoms with Gasteiger partial charge in [-0.15, -0.1) is 0 Å². The first-order valence-corrected chi connectivity index (χ1v) is 7.71. The van der Waals surface area contributed by atoms with Crippen LogP contribution in [-0.4, -0.2) is 30.2 Å². The number of methoxy groups -OCH3 is 1. The first kappa shape index (κ1) is 15.9. The van der Waals surface area contributed by atoms with Crippen LogP contribution in [0.15, 0.2) is 29.1 Å². The summed E-state index contributed by atoms with van der Waals surface area (Å²) in [4.78, 5) is 7.09. The lowest BCUT2D eigenvalue weighted by atomic mass is 10.2. The van der Waals surface area contributed by atoms with Crippen LogP contribution in [0.2, 0.25) is 0 Å². The molecule has 1 heterocycles. The molecule has 2 N–H and O–H groups in total. The summed E-state index contributed by atoms with van der Waals surface area (Å²) in [5.41, 5.74) is 2.28. The number of H-pyrrole nitrogens is 1. The lowest BCUT2D eigenvalue weighted by molar-refractivity contribution is 0.308. The molecular formula is C15H20BrN3O2. The highest BCUT2D eigenvalue weighted by Crippen LogP contribution is 2.36. The molecular weight excluding hydrogens is 334 g/mol. The van der Waals surface area contributed by atoms with E-state index in [2.05, 4.69) is 37.3 Å². The molecule has 5 nitrogen and oxygen atoms in total. The van der Waals surface area contributed by atoms with Gasteiger partial charge in [0.1, 0.15) is 0 Å². The Labute approximate surface area is 133 Å². The van der Waals surface area contributed by atoms with Crippen LogP contribution in [0.1, 0.15) is 18.2 Å². The summed E-state index contributed by atoms with van der Waals surface area (Å²) in [6.45, 7) is 4.22. The van der Waals surface area contributed by atoms with E-state index in [0.29, 0.717) is 6.61 Å². The molecule has 1 aromatic carbocycles. The Balaban J connectivity index is 1.92. The van der Waals surface area contributed by atoms with Gasteiger partial charge in [-0.2, -0.15) is 0 Å². The van der Waals surface area contributed by atoms with E-state index in [1.165, 1.54) is 0 Å². The third kappa shape index (κ3) is 4.47. The molecule has 1 aromatic heterocycles. The molecule has 0 radical (unpaired) electrons. The van der Waals surface area contributed by atoms with E-state index in [0.717, 1.165) is 46.7 Å². The molecule has 0 aliphatic rings. The third-order valence-electron chi connectivity index (χ3n) is 3.03. The highest BCUT2D eigenvalue weighted by atomic mass is 79.9. The number of nitrogens with one attached hydrogen (secondary N) is 2. The van der Waals surface area contributed by atoms with E-state index < -0.39 is 0 Å². The minimum Gasteiger partial charge on any atom is -0.493 e. The fourth-order valence-electron chi connectivity index (χ4n) is 2.04. The zero-order valence-electron chi connectivity index (χ0n) is 12.3. The highest BCUT2D eigenvalue weighted by molar-refractivity contribution is 9.10. The van der Waals surface area contributed by atoms with Crippen LogP contribution in [0, 0.1) is 0 Å². The topological polar surface area (TPSA) is 59.2 Å². The van der Waals surface area contributed by atoms with Gasteiger partial charge >= 0.3 is 0 Å². The van der Waals surface area contributed by atoms with Crippen LogP contribution in [0.4, 0.5) is 0 Å². The van der Waals surface area contributed by atoms with Crippen molar-refractivity contribution in [1.29, 1.82) is 0 Å². The second-order valence-electron chi connectivity index (χ2n) is 4.55. The zero-order chi connectivity index (χ0) is 15.1. The van der Waals surface area contributed by atoms with Gasteiger partial charge in [0, 0.05) is 31.4 Å². The largest absolute Gasteiger partial charge is 0.493 e. The van der Waals surface area contributed by atoms with Gasteiger partial charge in [-0.05, 0) is 40.5 Å². The number of hydrogen-bond acceptors (Lipinski definition) is 4. The van der Waals surface area contributed by atoms with Crippen molar-refractivity contribution in [2.45, 2.75) is 19.9 Å². The van der Waals surface area contributed by atoms with Gasteiger partial charge in [0.05, 0.1) is 24.5 Å². The van der Waals surface area contributed by atoms with Crippen LogP contribution in [0.5, 0.6) is 11.5 Å². The summed E-state index contributed by atoms with van der Waals surface area (Å²) in [6, 6.07) is 4.05. The summed E-state index contributed by atoms with van der Waals surface area (Å²) in [7, 11) is 1.65. The molecule has 0 fully saturated rings. The van der Waals surface area contributed by atoms with E-state index in [1.54, 1.807) is 13.4 Å². The number of nitrogens with zero attached hydrogens (tertiary/aromatic N) is 1. The van der Waals surface area contributed by atoms with E-state index >= 15 is 0 Å². The normalized spacial score (nSPS) is 10.6. The molecule has 0 bridgehead atoms. The molecule has 0 saturated heterocycles. The maximum Gasteiger partial charge on any atom is 0.175 e. The number of halogens is 1. The molecule has 2 rings (SSSR count). The molecule has 0 aliphatic carbocycles. The summed E-state index contributed by atoms with van der Waals surface area (Å²) >= 11 is 3.53. The highest BCUT2D eigenvalue weighted by Gasteiger charge is 2.11. The van der Waals surface area contributed by atoms with Gasteiger partial charge in [0.15, 0.2) is 11.5 Å². The minimum absolute atomic E-state index is 0.608. The monoisotopic (exact) mass is 353 g/mol. The SMILES string of the molecule is CCOc1c(Br)cc(CNCCc2cnc[nH]2)cc1OC. The molecule has 0 spiro atoms. The molecule has 0 unspecified atom stereocenters. The Morgan fingerprint density at radius 1 is 1.38 bits per heavy atom. The maximum absolute atomic E-state index is 5.58. The molecule has 0 aliphatic heterocycles. The van der Waals surface area contributed by atoms with Gasteiger partial charge < -0.3 is 19.8 Å². The minimum atomic E-state index is 0.608. The Morgan fingerprint density at radius 3 is 2.90 bits per heavy atom. The number of ether oxygens (including phenoxy) is 2. The average molecular weight is 354 g/mol. The van der Waals surface area contributed by atoms with E-state index in [1.807, 2.05) is 19.2 Å². The van der Waals surface area contributed by atoms with Gasteiger partial charge in [0.25, 0.3) is 0 Å². The van der Waals surface area contributed by atoms with Crippen molar-refractivity contribution in [3.05, 3.63) is 40.4 Å². The maximum atomic E-state index is 5.58. The predicted octanol–water partition coefficient (Wildman–Crippen LogP) is 2.91. The van der Waals surface area contributed by atoms with Crippen molar-refractivity contribution in [1.82, 2.24) is 15.3 Å². The quantitative estimate of drug-likeness (QED) is 0.716. The van der Waals surface area contributed by atoms with Gasteiger partial charge in [-0.3, -0.25) is 0 Å². The molecule has 0 saturated carbocycles. The third-order valence-corrected chi connectivity index (χ3v) is 3.62. The lowest BCUT2D eigenvalue weighted by Gasteiger charge is -2.13. The van der Waals surface area contributed by atoms with Crippen molar-refractivity contribution in [3.8, 4) is 11.5 Å². The van der Waals surface area contributed by atoms with Crippen LogP contribution < -0.4 is 14.8 Å². The summed E-state index contributed by atoms with van der Waals surface area (Å²) in [5, 5.41) is 3.40. The van der Waals surface area contributed by atoms with E-state index in [-0.39, 0.29) is 0 Å². The van der Waals surface area contributed by atoms with Crippen LogP contribution >= 0.6 is 15.9 Å². The zero-order valence-corrected chi connectivity index (χ0v) is 13.9. The Bertz CT molecular complexity index is 558. The first-order chi connectivity index (χ1) is 10.2. The molecule has 21 heavy (non-hydrogen) atoms. The van der Waals surface area contributed by atoms with Crippen molar-refractivity contribution in [2.24, 2.45) is 0 Å². The van der Waals surface area contributed by atoms with Crippen molar-refractivity contribution in [3.63, 3.8) is 0 Å². The van der Waals surface area contributed by atoms with E-state index in [9.17, 15) is 0 Å². The molecule has 2 aromatic rings. The fraction of sp³-hybridized carbons (Fsp3) is 0.400. The van der Waals surface area contributed by atoms with Crippen LogP contribution in [-0.2, 0) is 13.0 Å². The number of rotatable bonds is 8. The van der Waals surface area contributed by atoms with Crippen molar-refractivity contribution >= 4 is 15.9 Å². The van der Waals surface area contributed by atoms with E-state index in [4.69, 9.17) is 9.47 Å². The Kier molecular flexibility index (Phi) is 6.07. The second-order valence-corrected chi connectivity index (χ2v) is 5.40. The summed E-state index contributed by atoms with van der Waals surface area (Å²) < 4.78 is 11.9. The number of hydrogen-bond donors (Lipinski definition) is 2. The Morgan fingerprint density at radius 2 is 2.24 bits per heavy atom. The smallest absolute Gasteiger partial charge is 0.175 e. The van der Waals surface area contributed by atoms with Gasteiger partial charge in [-0.1, -0.05) is 0 Å². The number of aromatic amines is 1. The molecule has 114 valence electrons. The standard InChI is InChI=1S/C15H20BrN3O2/c1-3-21-15-13(16)6-11(7-14(15)20-2)8-17-5-4-12-9-18-10-19-12/h6-7,9-10,17H,3-5,8H2,1-2H3,(H,18,19). The number of imidazole rings is 1. The predicted molar refractivity (Wildman–Crippen MR) is 85.9 cm³/mol. The molecule has 0 atom stereocenters. The van der Waals surface area contributed by atoms with Gasteiger partial charge in [-0.25, -0.2) is 4.98 Å². The lowest BCUT2D eigenvalue weighted by Crippen LogP contribution is -2.17. The molecule has 6 heteroatoms. The van der Waals surface area contributed by atoms with Crippen LogP contribution in [0.25, 0.3) is 0 Å². The first-order valence-electron chi connectivity index (χ1n) is 6.91. The van der Waals surface area contributed by atoms with Crippen molar-refractivity contribution < 1.29 is 9.47 Å². The second kappa shape index (κ2) is 8.05. The number of benzene rings is 1.